The molecule has 1 aromatic carbocycles. The summed E-state index contributed by atoms with van der Waals surface area (Å²) in [6.45, 7) is 1.97. The van der Waals surface area contributed by atoms with Crippen LogP contribution in [0.15, 0.2) is 30.3 Å². The lowest BCUT2D eigenvalue weighted by Gasteiger charge is -2.09. The minimum Gasteiger partial charge on any atom is -0.477 e. The first-order chi connectivity index (χ1) is 8.00. The molecular formula is C13H12ClNO2. The van der Waals surface area contributed by atoms with Crippen LogP contribution in [0.2, 0.25) is 5.02 Å². The van der Waals surface area contributed by atoms with Crippen LogP contribution in [0.25, 0.3) is 11.3 Å². The van der Waals surface area contributed by atoms with E-state index in [9.17, 15) is 4.79 Å². The van der Waals surface area contributed by atoms with E-state index < -0.39 is 5.97 Å². The molecular weight excluding hydrogens is 238 g/mol. The van der Waals surface area contributed by atoms with Gasteiger partial charge in [0.05, 0.1) is 0 Å². The van der Waals surface area contributed by atoms with E-state index in [2.05, 4.69) is 0 Å². The second-order valence-electron chi connectivity index (χ2n) is 3.93. The van der Waals surface area contributed by atoms with Crippen LogP contribution in [0.1, 0.15) is 16.1 Å². The van der Waals surface area contributed by atoms with Crippen molar-refractivity contribution in [2.24, 2.45) is 7.05 Å². The topological polar surface area (TPSA) is 42.2 Å². The predicted molar refractivity (Wildman–Crippen MR) is 67.6 cm³/mol. The standard InChI is InChI=1S/C13H12ClNO2/c1-8-3-4-9(14)7-10(8)11-5-6-12(13(16)17)15(11)2/h3-7H,1-2H3,(H,16,17). The molecule has 2 rings (SSSR count). The average molecular weight is 250 g/mol. The molecule has 0 atom stereocenters. The number of hydrogen-bond donors (Lipinski definition) is 1. The molecule has 17 heavy (non-hydrogen) atoms. The third-order valence-corrected chi connectivity index (χ3v) is 3.05. The van der Waals surface area contributed by atoms with Gasteiger partial charge in [0.1, 0.15) is 5.69 Å². The van der Waals surface area contributed by atoms with Gasteiger partial charge in [-0.15, -0.1) is 0 Å². The molecule has 0 aliphatic carbocycles. The van der Waals surface area contributed by atoms with Crippen LogP contribution < -0.4 is 0 Å². The largest absolute Gasteiger partial charge is 0.477 e. The number of carbonyl (C=O) groups is 1. The Labute approximate surface area is 104 Å². The summed E-state index contributed by atoms with van der Waals surface area (Å²) in [5.41, 5.74) is 3.13. The van der Waals surface area contributed by atoms with E-state index >= 15 is 0 Å². The molecule has 3 nitrogen and oxygen atoms in total. The highest BCUT2D eigenvalue weighted by Gasteiger charge is 2.13. The highest BCUT2D eigenvalue weighted by molar-refractivity contribution is 6.30. The van der Waals surface area contributed by atoms with Crippen molar-refractivity contribution in [3.8, 4) is 11.3 Å². The Morgan fingerprint density at radius 1 is 1.29 bits per heavy atom. The Morgan fingerprint density at radius 2 is 2.00 bits per heavy atom. The molecule has 2 aromatic rings. The Kier molecular flexibility index (Phi) is 2.94. The van der Waals surface area contributed by atoms with E-state index in [1.807, 2.05) is 25.1 Å². The zero-order chi connectivity index (χ0) is 12.6. The molecule has 0 aliphatic rings. The molecule has 0 fully saturated rings. The van der Waals surface area contributed by atoms with Crippen molar-refractivity contribution in [1.29, 1.82) is 0 Å². The van der Waals surface area contributed by atoms with E-state index in [1.165, 1.54) is 0 Å². The van der Waals surface area contributed by atoms with Gasteiger partial charge >= 0.3 is 5.97 Å². The van der Waals surface area contributed by atoms with Gasteiger partial charge in [-0.1, -0.05) is 17.7 Å². The quantitative estimate of drug-likeness (QED) is 0.887. The number of halogens is 1. The van der Waals surface area contributed by atoms with Gasteiger partial charge in [-0.3, -0.25) is 0 Å². The van der Waals surface area contributed by atoms with Crippen molar-refractivity contribution in [3.05, 3.63) is 46.6 Å². The number of nitrogens with zero attached hydrogens (tertiary/aromatic N) is 1. The molecule has 1 aromatic heterocycles. The Bertz CT molecular complexity index is 587. The summed E-state index contributed by atoms with van der Waals surface area (Å²) < 4.78 is 1.65. The molecule has 0 saturated heterocycles. The van der Waals surface area contributed by atoms with Crippen LogP contribution in [0, 0.1) is 6.92 Å². The minimum atomic E-state index is -0.932. The van der Waals surface area contributed by atoms with Crippen molar-refractivity contribution in [2.45, 2.75) is 6.92 Å². The first-order valence-electron chi connectivity index (χ1n) is 5.16. The van der Waals surface area contributed by atoms with Crippen molar-refractivity contribution < 1.29 is 9.90 Å². The van der Waals surface area contributed by atoms with Crippen LogP contribution in [0.4, 0.5) is 0 Å². The molecule has 0 amide bonds. The number of rotatable bonds is 2. The van der Waals surface area contributed by atoms with Gasteiger partial charge in [0.15, 0.2) is 0 Å². The molecule has 1 heterocycles. The molecule has 0 bridgehead atoms. The van der Waals surface area contributed by atoms with E-state index in [0.29, 0.717) is 5.02 Å². The van der Waals surface area contributed by atoms with Crippen LogP contribution in [-0.4, -0.2) is 15.6 Å². The van der Waals surface area contributed by atoms with Gasteiger partial charge in [0.25, 0.3) is 0 Å². The Balaban J connectivity index is 2.61. The number of carboxylic acid groups (broad SMARTS) is 1. The Morgan fingerprint density at radius 3 is 2.59 bits per heavy atom. The molecule has 1 N–H and O–H groups in total. The lowest BCUT2D eigenvalue weighted by Crippen LogP contribution is -2.05. The van der Waals surface area contributed by atoms with Gasteiger partial charge in [-0.05, 0) is 36.8 Å². The minimum absolute atomic E-state index is 0.263. The highest BCUT2D eigenvalue weighted by Crippen LogP contribution is 2.27. The predicted octanol–water partition coefficient (Wildman–Crippen LogP) is 3.35. The van der Waals surface area contributed by atoms with Crippen molar-refractivity contribution in [2.75, 3.05) is 0 Å². The number of aromatic carboxylic acids is 1. The highest BCUT2D eigenvalue weighted by atomic mass is 35.5. The van der Waals surface area contributed by atoms with Crippen LogP contribution in [0.5, 0.6) is 0 Å². The maximum absolute atomic E-state index is 11.0. The molecule has 0 spiro atoms. The van der Waals surface area contributed by atoms with E-state index in [0.717, 1.165) is 16.8 Å². The summed E-state index contributed by atoms with van der Waals surface area (Å²) in [7, 11) is 1.74. The fourth-order valence-electron chi connectivity index (χ4n) is 1.87. The summed E-state index contributed by atoms with van der Waals surface area (Å²) in [6, 6.07) is 8.98. The molecule has 0 aliphatic heterocycles. The maximum Gasteiger partial charge on any atom is 0.352 e. The van der Waals surface area contributed by atoms with Crippen molar-refractivity contribution in [3.63, 3.8) is 0 Å². The van der Waals surface area contributed by atoms with Crippen molar-refractivity contribution >= 4 is 17.6 Å². The van der Waals surface area contributed by atoms with Crippen LogP contribution >= 0.6 is 11.6 Å². The molecule has 0 radical (unpaired) electrons. The maximum atomic E-state index is 11.0. The SMILES string of the molecule is Cc1ccc(Cl)cc1-c1ccc(C(=O)O)n1C. The van der Waals surface area contributed by atoms with E-state index in [1.54, 1.807) is 23.7 Å². The van der Waals surface area contributed by atoms with Gasteiger partial charge in [0, 0.05) is 23.3 Å². The average Bonchev–Trinajstić information content (AvgIpc) is 2.64. The molecule has 0 saturated carbocycles. The second kappa shape index (κ2) is 4.26. The monoisotopic (exact) mass is 249 g/mol. The lowest BCUT2D eigenvalue weighted by atomic mass is 10.1. The van der Waals surface area contributed by atoms with Crippen molar-refractivity contribution in [1.82, 2.24) is 4.57 Å². The van der Waals surface area contributed by atoms with Gasteiger partial charge < -0.3 is 9.67 Å². The lowest BCUT2D eigenvalue weighted by molar-refractivity contribution is 0.0687. The summed E-state index contributed by atoms with van der Waals surface area (Å²) >= 11 is 5.96. The first-order valence-corrected chi connectivity index (χ1v) is 5.54. The molecule has 0 unspecified atom stereocenters. The van der Waals surface area contributed by atoms with Crippen LogP contribution in [-0.2, 0) is 7.05 Å². The molecule has 4 heteroatoms. The zero-order valence-corrected chi connectivity index (χ0v) is 10.3. The summed E-state index contributed by atoms with van der Waals surface area (Å²) in [6.07, 6.45) is 0. The fraction of sp³-hybridized carbons (Fsp3) is 0.154. The summed E-state index contributed by atoms with van der Waals surface area (Å²) in [5, 5.41) is 9.65. The number of aromatic nitrogens is 1. The smallest absolute Gasteiger partial charge is 0.352 e. The Hall–Kier alpha value is -1.74. The van der Waals surface area contributed by atoms with E-state index in [4.69, 9.17) is 16.7 Å². The first kappa shape index (κ1) is 11.7. The molecule has 88 valence electrons. The number of aryl methyl sites for hydroxylation is 1. The number of benzene rings is 1. The summed E-state index contributed by atoms with van der Waals surface area (Å²) in [5.74, 6) is -0.932. The third-order valence-electron chi connectivity index (χ3n) is 2.82. The van der Waals surface area contributed by atoms with Gasteiger partial charge in [-0.25, -0.2) is 4.79 Å². The van der Waals surface area contributed by atoms with Gasteiger partial charge in [0.2, 0.25) is 0 Å². The zero-order valence-electron chi connectivity index (χ0n) is 9.57. The third kappa shape index (κ3) is 2.06. The second-order valence-corrected chi connectivity index (χ2v) is 4.36. The van der Waals surface area contributed by atoms with E-state index in [-0.39, 0.29) is 5.69 Å². The number of hydrogen-bond acceptors (Lipinski definition) is 1. The normalized spacial score (nSPS) is 10.5. The van der Waals surface area contributed by atoms with Gasteiger partial charge in [-0.2, -0.15) is 0 Å². The fourth-order valence-corrected chi connectivity index (χ4v) is 2.04. The van der Waals surface area contributed by atoms with Crippen LogP contribution in [0.3, 0.4) is 0 Å². The number of carboxylic acids is 1. The summed E-state index contributed by atoms with van der Waals surface area (Å²) in [4.78, 5) is 11.0.